The van der Waals surface area contributed by atoms with Gasteiger partial charge in [-0.1, -0.05) is 15.9 Å². The van der Waals surface area contributed by atoms with Crippen molar-refractivity contribution in [1.82, 2.24) is 0 Å². The summed E-state index contributed by atoms with van der Waals surface area (Å²) < 4.78 is 11.1. The lowest BCUT2D eigenvalue weighted by Crippen LogP contribution is -2.40. The van der Waals surface area contributed by atoms with E-state index in [1.54, 1.807) is 43.3 Å². The number of nitriles is 1. The third-order valence-corrected chi connectivity index (χ3v) is 4.50. The molecule has 0 bridgehead atoms. The van der Waals surface area contributed by atoms with Crippen molar-refractivity contribution in [1.29, 1.82) is 5.26 Å². The van der Waals surface area contributed by atoms with Crippen LogP contribution in [0.25, 0.3) is 0 Å². The van der Waals surface area contributed by atoms with Gasteiger partial charge in [-0.3, -0.25) is 0 Å². The van der Waals surface area contributed by atoms with Crippen molar-refractivity contribution in [2.75, 3.05) is 19.5 Å². The highest BCUT2D eigenvalue weighted by Gasteiger charge is 2.38. The van der Waals surface area contributed by atoms with Crippen molar-refractivity contribution in [3.8, 4) is 17.6 Å². The Morgan fingerprint density at radius 1 is 1.20 bits per heavy atom. The molecule has 2 N–H and O–H groups in total. The van der Waals surface area contributed by atoms with Crippen molar-refractivity contribution in [3.05, 3.63) is 52.0 Å². The molecule has 2 aromatic rings. The van der Waals surface area contributed by atoms with Crippen LogP contribution in [0.1, 0.15) is 18.1 Å². The first kappa shape index (κ1) is 18.6. The average Bonchev–Trinajstić information content (AvgIpc) is 2.61. The Morgan fingerprint density at radius 2 is 1.76 bits per heavy atom. The molecule has 130 valence electrons. The number of anilines is 1. The molecular formula is C18H17BrN2O4. The van der Waals surface area contributed by atoms with Crippen LogP contribution in [0.5, 0.6) is 11.5 Å². The van der Waals surface area contributed by atoms with Gasteiger partial charge in [-0.05, 0) is 43.3 Å². The Morgan fingerprint density at radius 3 is 2.24 bits per heavy atom. The molecule has 0 saturated carbocycles. The molecule has 0 aliphatic rings. The van der Waals surface area contributed by atoms with Crippen LogP contribution in [0.4, 0.5) is 5.69 Å². The van der Waals surface area contributed by atoms with Gasteiger partial charge in [0.1, 0.15) is 0 Å². The van der Waals surface area contributed by atoms with E-state index < -0.39 is 11.5 Å². The number of hydrogen-bond donors (Lipinski definition) is 2. The highest BCUT2D eigenvalue weighted by atomic mass is 79.9. The number of methoxy groups -OCH3 is 2. The van der Waals surface area contributed by atoms with Crippen LogP contribution in [0.3, 0.4) is 0 Å². The number of nitrogens with zero attached hydrogens (tertiary/aromatic N) is 1. The van der Waals surface area contributed by atoms with Gasteiger partial charge in [0.25, 0.3) is 0 Å². The fourth-order valence-corrected chi connectivity index (χ4v) is 3.11. The minimum absolute atomic E-state index is 0.426. The highest BCUT2D eigenvalue weighted by Crippen LogP contribution is 2.39. The number of rotatable bonds is 6. The normalized spacial score (nSPS) is 12.6. The summed E-state index contributed by atoms with van der Waals surface area (Å²) >= 11 is 3.41. The highest BCUT2D eigenvalue weighted by molar-refractivity contribution is 9.10. The SMILES string of the molecule is COc1cc(Br)c(C(C)(Nc2ccc(C#N)cc2)C(=O)O)cc1OC. The monoisotopic (exact) mass is 404 g/mol. The summed E-state index contributed by atoms with van der Waals surface area (Å²) in [6, 6.07) is 11.9. The predicted molar refractivity (Wildman–Crippen MR) is 97.0 cm³/mol. The van der Waals surface area contributed by atoms with Crippen molar-refractivity contribution < 1.29 is 19.4 Å². The minimum Gasteiger partial charge on any atom is -0.493 e. The summed E-state index contributed by atoms with van der Waals surface area (Å²) in [6.45, 7) is 1.56. The number of aliphatic carboxylic acids is 1. The van der Waals surface area contributed by atoms with E-state index in [9.17, 15) is 9.90 Å². The zero-order valence-electron chi connectivity index (χ0n) is 14.0. The van der Waals surface area contributed by atoms with Gasteiger partial charge in [0.05, 0.1) is 25.9 Å². The molecule has 7 heteroatoms. The third-order valence-electron chi connectivity index (χ3n) is 3.85. The Balaban J connectivity index is 2.52. The van der Waals surface area contributed by atoms with E-state index in [4.69, 9.17) is 14.7 Å². The van der Waals surface area contributed by atoms with Crippen molar-refractivity contribution in [2.45, 2.75) is 12.5 Å². The molecule has 0 fully saturated rings. The van der Waals surface area contributed by atoms with E-state index in [1.807, 2.05) is 6.07 Å². The number of halogens is 1. The lowest BCUT2D eigenvalue weighted by Gasteiger charge is -2.29. The average molecular weight is 405 g/mol. The second-order valence-corrected chi connectivity index (χ2v) is 6.29. The van der Waals surface area contributed by atoms with Gasteiger partial charge in [-0.2, -0.15) is 5.26 Å². The number of carboxylic acid groups (broad SMARTS) is 1. The third kappa shape index (κ3) is 3.69. The number of hydrogen-bond acceptors (Lipinski definition) is 5. The van der Waals surface area contributed by atoms with Crippen molar-refractivity contribution >= 4 is 27.6 Å². The first-order chi connectivity index (χ1) is 11.8. The van der Waals surface area contributed by atoms with Crippen LogP contribution in [-0.2, 0) is 10.3 Å². The van der Waals surface area contributed by atoms with Gasteiger partial charge >= 0.3 is 5.97 Å². The fourth-order valence-electron chi connectivity index (χ4n) is 2.39. The molecule has 0 amide bonds. The van der Waals surface area contributed by atoms with Gasteiger partial charge in [-0.15, -0.1) is 0 Å². The molecule has 1 atom stereocenters. The molecule has 2 rings (SSSR count). The number of nitrogens with one attached hydrogen (secondary N) is 1. The summed E-state index contributed by atoms with van der Waals surface area (Å²) in [5, 5.41) is 21.7. The standard InChI is InChI=1S/C18H17BrN2O4/c1-18(17(22)23,21-12-6-4-11(10-20)5-7-12)13-8-15(24-2)16(25-3)9-14(13)19/h4-9,21H,1-3H3,(H,22,23). The minimum atomic E-state index is -1.44. The molecule has 25 heavy (non-hydrogen) atoms. The van der Waals surface area contributed by atoms with E-state index in [2.05, 4.69) is 21.2 Å². The van der Waals surface area contributed by atoms with Crippen LogP contribution in [0.2, 0.25) is 0 Å². The molecule has 0 heterocycles. The number of benzene rings is 2. The molecule has 0 radical (unpaired) electrons. The summed E-state index contributed by atoms with van der Waals surface area (Å²) in [7, 11) is 3.00. The second-order valence-electron chi connectivity index (χ2n) is 5.43. The predicted octanol–water partition coefficient (Wildman–Crippen LogP) is 3.75. The number of ether oxygens (including phenoxy) is 2. The van der Waals surface area contributed by atoms with Crippen LogP contribution in [0.15, 0.2) is 40.9 Å². The first-order valence-electron chi connectivity index (χ1n) is 7.29. The zero-order valence-corrected chi connectivity index (χ0v) is 15.5. The van der Waals surface area contributed by atoms with Gasteiger partial charge in [0.15, 0.2) is 17.0 Å². The van der Waals surface area contributed by atoms with Crippen LogP contribution < -0.4 is 14.8 Å². The lowest BCUT2D eigenvalue weighted by molar-refractivity contribution is -0.142. The van der Waals surface area contributed by atoms with E-state index >= 15 is 0 Å². The van der Waals surface area contributed by atoms with Gasteiger partial charge < -0.3 is 19.9 Å². The maximum absolute atomic E-state index is 12.0. The van der Waals surface area contributed by atoms with Gasteiger partial charge in [0, 0.05) is 15.7 Å². The number of carbonyl (C=O) groups is 1. The summed E-state index contributed by atoms with van der Waals surface area (Å²) in [5.74, 6) is -0.149. The zero-order chi connectivity index (χ0) is 18.6. The Bertz CT molecular complexity index is 830. The summed E-state index contributed by atoms with van der Waals surface area (Å²) in [6.07, 6.45) is 0. The summed E-state index contributed by atoms with van der Waals surface area (Å²) in [5.41, 5.74) is 0.106. The van der Waals surface area contributed by atoms with E-state index in [1.165, 1.54) is 14.2 Å². The maximum Gasteiger partial charge on any atom is 0.333 e. The van der Waals surface area contributed by atoms with Crippen LogP contribution in [-0.4, -0.2) is 25.3 Å². The smallest absolute Gasteiger partial charge is 0.333 e. The van der Waals surface area contributed by atoms with Crippen molar-refractivity contribution in [2.24, 2.45) is 0 Å². The molecule has 6 nitrogen and oxygen atoms in total. The van der Waals surface area contributed by atoms with Gasteiger partial charge in [0.2, 0.25) is 0 Å². The topological polar surface area (TPSA) is 91.6 Å². The molecular weight excluding hydrogens is 388 g/mol. The molecule has 0 spiro atoms. The summed E-state index contributed by atoms with van der Waals surface area (Å²) in [4.78, 5) is 12.0. The molecule has 0 aliphatic carbocycles. The molecule has 0 aromatic heterocycles. The Kier molecular flexibility index (Phi) is 5.55. The Hall–Kier alpha value is -2.72. The second kappa shape index (κ2) is 7.45. The van der Waals surface area contributed by atoms with E-state index in [0.717, 1.165) is 0 Å². The molecule has 0 aliphatic heterocycles. The maximum atomic E-state index is 12.0. The van der Waals surface area contributed by atoms with Crippen molar-refractivity contribution in [3.63, 3.8) is 0 Å². The van der Waals surface area contributed by atoms with E-state index in [0.29, 0.717) is 32.8 Å². The Labute approximate surface area is 154 Å². The lowest BCUT2D eigenvalue weighted by atomic mass is 9.91. The quantitative estimate of drug-likeness (QED) is 0.761. The molecule has 1 unspecified atom stereocenters. The molecule has 0 saturated heterocycles. The largest absolute Gasteiger partial charge is 0.493 e. The number of carboxylic acids is 1. The first-order valence-corrected chi connectivity index (χ1v) is 8.08. The molecule has 2 aromatic carbocycles. The fraction of sp³-hybridized carbons (Fsp3) is 0.222. The van der Waals surface area contributed by atoms with Crippen LogP contribution >= 0.6 is 15.9 Å². The van der Waals surface area contributed by atoms with Crippen LogP contribution in [0, 0.1) is 11.3 Å². The van der Waals surface area contributed by atoms with Gasteiger partial charge in [-0.25, -0.2) is 4.79 Å². The van der Waals surface area contributed by atoms with E-state index in [-0.39, 0.29) is 0 Å².